The van der Waals surface area contributed by atoms with Crippen LogP contribution in [0.2, 0.25) is 0 Å². The zero-order valence-electron chi connectivity index (χ0n) is 17.8. The van der Waals surface area contributed by atoms with Crippen molar-refractivity contribution < 1.29 is 41.8 Å². The second kappa shape index (κ2) is 26.6. The molecule has 28 heavy (non-hydrogen) atoms. The molecule has 0 aromatic heterocycles. The van der Waals surface area contributed by atoms with Crippen molar-refractivity contribution in [2.24, 2.45) is 0 Å². The number of rotatable bonds is 11. The molecule has 0 aliphatic heterocycles. The van der Waals surface area contributed by atoms with E-state index in [4.69, 9.17) is 13.0 Å². The predicted octanol–water partition coefficient (Wildman–Crippen LogP) is 5.94. The molecule has 0 heterocycles. The van der Waals surface area contributed by atoms with E-state index in [1.165, 1.54) is 69.9 Å². The predicted molar refractivity (Wildman–Crippen MR) is 112 cm³/mol. The third-order valence-electron chi connectivity index (χ3n) is 3.55. The van der Waals surface area contributed by atoms with Gasteiger partial charge >= 0.3 is 23.7 Å². The number of unbranched alkanes of at least 4 members (excludes halogenated alkanes) is 9. The molecular weight excluding hydrogens is 412 g/mol. The number of aliphatic hydroxyl groups is 1. The van der Waals surface area contributed by atoms with E-state index < -0.39 is 10.1 Å². The standard InChI is InChI=1S/C12H26O.C6H6O3S.C3H7.O.Ti/c1-2-3-4-5-6-7-8-9-10-11-12-13;7-10(8,9)6-4-2-1-3-5-6;1-3-2;;/h13H,2-12H2,1H3;1-5H,(H,7,8,9);3H,1-2H3;;/q;;-1;;+1. The van der Waals surface area contributed by atoms with Gasteiger partial charge in [-0.05, 0) is 18.6 Å². The first-order valence-corrected chi connectivity index (χ1v) is 12.1. The Morgan fingerprint density at radius 2 is 1.18 bits per heavy atom. The van der Waals surface area contributed by atoms with E-state index in [1.54, 1.807) is 18.2 Å². The normalized spacial score (nSPS) is 9.82. The Labute approximate surface area is 184 Å². The van der Waals surface area contributed by atoms with E-state index in [0.717, 1.165) is 26.8 Å². The van der Waals surface area contributed by atoms with Crippen LogP contribution in [0, 0.1) is 6.42 Å². The van der Waals surface area contributed by atoms with Crippen LogP contribution in [0.5, 0.6) is 0 Å². The third-order valence-corrected chi connectivity index (χ3v) is 4.42. The van der Waals surface area contributed by atoms with Gasteiger partial charge in [0.1, 0.15) is 0 Å². The molecule has 2 N–H and O–H groups in total. The summed E-state index contributed by atoms with van der Waals surface area (Å²) in [7, 11) is -4.00. The van der Waals surface area contributed by atoms with Crippen LogP contribution in [0.3, 0.4) is 0 Å². The Hall–Kier alpha value is -0.396. The van der Waals surface area contributed by atoms with Crippen molar-refractivity contribution in [1.29, 1.82) is 0 Å². The van der Waals surface area contributed by atoms with Gasteiger partial charge in [0.05, 0.1) is 4.90 Å². The fourth-order valence-electron chi connectivity index (χ4n) is 2.19. The molecule has 0 aliphatic carbocycles. The van der Waals surface area contributed by atoms with Crippen molar-refractivity contribution >= 4 is 10.1 Å². The second-order valence-corrected chi connectivity index (χ2v) is 7.69. The second-order valence-electron chi connectivity index (χ2n) is 6.27. The zero-order chi connectivity index (χ0) is 22.1. The van der Waals surface area contributed by atoms with Gasteiger partial charge in [-0.1, -0.05) is 82.9 Å². The maximum absolute atomic E-state index is 10.4. The topological polar surface area (TPSA) is 91.7 Å². The van der Waals surface area contributed by atoms with Crippen molar-refractivity contribution in [2.75, 3.05) is 6.61 Å². The molecule has 1 aromatic carbocycles. The van der Waals surface area contributed by atoms with Crippen LogP contribution in [-0.2, 0) is 33.8 Å². The number of benzene rings is 1. The van der Waals surface area contributed by atoms with E-state index in [1.807, 2.05) is 20.3 Å². The molecule has 0 aliphatic rings. The van der Waals surface area contributed by atoms with Gasteiger partial charge in [0.15, 0.2) is 0 Å². The van der Waals surface area contributed by atoms with Gasteiger partial charge in [-0.2, -0.15) is 22.3 Å². The molecule has 0 radical (unpaired) electrons. The van der Waals surface area contributed by atoms with Gasteiger partial charge in [-0.3, -0.25) is 4.55 Å². The molecule has 1 aromatic rings. The van der Waals surface area contributed by atoms with Gasteiger partial charge in [0.25, 0.3) is 10.1 Å². The molecule has 1 rings (SSSR count). The van der Waals surface area contributed by atoms with Gasteiger partial charge in [0, 0.05) is 6.61 Å². The maximum atomic E-state index is 10.4. The van der Waals surface area contributed by atoms with Crippen molar-refractivity contribution in [3.63, 3.8) is 0 Å². The molecular formula is C21H39O5STi. The molecule has 163 valence electrons. The van der Waals surface area contributed by atoms with Crippen molar-refractivity contribution in [3.05, 3.63) is 36.8 Å². The molecule has 0 bridgehead atoms. The molecule has 0 saturated heterocycles. The molecule has 5 nitrogen and oxygen atoms in total. The van der Waals surface area contributed by atoms with E-state index >= 15 is 0 Å². The molecule has 7 heteroatoms. The summed E-state index contributed by atoms with van der Waals surface area (Å²) in [5.74, 6) is 0. The molecule has 0 saturated carbocycles. The van der Waals surface area contributed by atoms with E-state index in [2.05, 4.69) is 6.92 Å². The van der Waals surface area contributed by atoms with Crippen LogP contribution in [0.15, 0.2) is 35.2 Å². The van der Waals surface area contributed by atoms with Crippen LogP contribution in [0.1, 0.15) is 85.0 Å². The first kappa shape index (κ1) is 32.3. The summed E-state index contributed by atoms with van der Waals surface area (Å²) in [6, 6.07) is 7.42. The summed E-state index contributed by atoms with van der Waals surface area (Å²) >= 11 is 0.750. The molecule has 0 amide bonds. The zero-order valence-corrected chi connectivity index (χ0v) is 20.1. The fourth-order valence-corrected chi connectivity index (χ4v) is 2.69. The van der Waals surface area contributed by atoms with E-state index in [0.29, 0.717) is 6.61 Å². The quantitative estimate of drug-likeness (QED) is 0.188. The van der Waals surface area contributed by atoms with Crippen molar-refractivity contribution in [3.8, 4) is 0 Å². The minimum absolute atomic E-state index is 0.0741. The Bertz CT molecular complexity index is 485. The summed E-state index contributed by atoms with van der Waals surface area (Å²) in [5.41, 5.74) is 0. The Balaban J connectivity index is -0.000000369. The summed E-state index contributed by atoms with van der Waals surface area (Å²) in [6.45, 7) is 6.63. The Morgan fingerprint density at radius 1 is 0.821 bits per heavy atom. The first-order chi connectivity index (χ1) is 13.4. The third kappa shape index (κ3) is 27.8. The fraction of sp³-hybridized carbons (Fsp3) is 0.667. The van der Waals surface area contributed by atoms with Crippen LogP contribution in [0.25, 0.3) is 0 Å². The number of hydrogen-bond acceptors (Lipinski definition) is 4. The summed E-state index contributed by atoms with van der Waals surface area (Å²) in [4.78, 5) is -0.0741. The Morgan fingerprint density at radius 3 is 1.46 bits per heavy atom. The average Bonchev–Trinajstić information content (AvgIpc) is 2.69. The first-order valence-electron chi connectivity index (χ1n) is 10.0. The minimum atomic E-state index is -4.00. The summed E-state index contributed by atoms with van der Waals surface area (Å²) in [5, 5.41) is 8.57. The SMILES string of the molecule is CCCCCCCCCCCCO.C[CH-]C.O=S(=O)(O)c1ccccc1.[O]=[Ti+]. The van der Waals surface area contributed by atoms with Gasteiger partial charge in [-0.25, -0.2) is 0 Å². The monoisotopic (exact) mass is 451 g/mol. The van der Waals surface area contributed by atoms with E-state index in [9.17, 15) is 8.42 Å². The van der Waals surface area contributed by atoms with Crippen LogP contribution >= 0.6 is 0 Å². The number of aliphatic hydroxyl groups excluding tert-OH is 1. The van der Waals surface area contributed by atoms with Crippen molar-refractivity contribution in [2.45, 2.75) is 89.9 Å². The van der Waals surface area contributed by atoms with Crippen molar-refractivity contribution in [1.82, 2.24) is 0 Å². The molecule has 0 atom stereocenters. The van der Waals surface area contributed by atoms with Gasteiger partial charge < -0.3 is 11.5 Å². The molecule has 0 fully saturated rings. The van der Waals surface area contributed by atoms with Crippen LogP contribution in [0.4, 0.5) is 0 Å². The van der Waals surface area contributed by atoms with Crippen LogP contribution in [-0.4, -0.2) is 24.7 Å². The molecule has 0 unspecified atom stereocenters. The van der Waals surface area contributed by atoms with Gasteiger partial charge in [-0.15, -0.1) is 0 Å². The Kier molecular flexibility index (Phi) is 30.7. The van der Waals surface area contributed by atoms with E-state index in [-0.39, 0.29) is 4.90 Å². The summed E-state index contributed by atoms with van der Waals surface area (Å²) < 4.78 is 37.5. The molecule has 0 spiro atoms. The van der Waals surface area contributed by atoms with Crippen LogP contribution < -0.4 is 0 Å². The summed E-state index contributed by atoms with van der Waals surface area (Å²) in [6.07, 6.45) is 15.3. The van der Waals surface area contributed by atoms with Gasteiger partial charge in [0.2, 0.25) is 0 Å². The number of hydrogen-bond donors (Lipinski definition) is 2. The average molecular weight is 451 g/mol.